The highest BCUT2D eigenvalue weighted by Gasteiger charge is 2.30. The largest absolute Gasteiger partial charge is 0.355 e. The van der Waals surface area contributed by atoms with Crippen molar-refractivity contribution in [1.29, 1.82) is 0 Å². The van der Waals surface area contributed by atoms with Gasteiger partial charge in [0.05, 0.1) is 11.4 Å². The minimum atomic E-state index is 0.00774. The molecule has 3 N–H and O–H groups in total. The number of aromatic nitrogens is 4. The Morgan fingerprint density at radius 3 is 2.02 bits per heavy atom. The van der Waals surface area contributed by atoms with Gasteiger partial charge in [0, 0.05) is 102 Å². The van der Waals surface area contributed by atoms with Crippen LogP contribution < -0.4 is 5.32 Å². The fourth-order valence-corrected chi connectivity index (χ4v) is 7.31. The number of fused-ring (bicyclic) bond motifs is 8. The van der Waals surface area contributed by atoms with Gasteiger partial charge in [-0.15, -0.1) is 0 Å². The maximum absolute atomic E-state index is 13.3. The van der Waals surface area contributed by atoms with Crippen molar-refractivity contribution >= 4 is 57.2 Å². The molecule has 0 saturated heterocycles. The van der Waals surface area contributed by atoms with Crippen LogP contribution in [-0.4, -0.2) is 108 Å². The summed E-state index contributed by atoms with van der Waals surface area (Å²) >= 11 is 0. The highest BCUT2D eigenvalue weighted by Crippen LogP contribution is 2.42. The summed E-state index contributed by atoms with van der Waals surface area (Å²) in [5, 5.41) is 3.07. The molecule has 282 valence electrons. The molecule has 2 unspecified atom stereocenters. The van der Waals surface area contributed by atoms with E-state index in [4.69, 9.17) is 9.97 Å². The quantitative estimate of drug-likeness (QED) is 0.161. The van der Waals surface area contributed by atoms with Crippen LogP contribution in [0.5, 0.6) is 0 Å². The Morgan fingerprint density at radius 1 is 0.774 bits per heavy atom. The zero-order chi connectivity index (χ0) is 38.6. The van der Waals surface area contributed by atoms with E-state index < -0.39 is 0 Å². The van der Waals surface area contributed by atoms with Crippen LogP contribution in [0.3, 0.4) is 0 Å². The van der Waals surface area contributed by atoms with Gasteiger partial charge in [0.15, 0.2) is 0 Å². The topological polar surface area (TPSA) is 113 Å². The van der Waals surface area contributed by atoms with Crippen LogP contribution in [0.15, 0.2) is 37.4 Å². The van der Waals surface area contributed by atoms with Crippen LogP contribution in [0.25, 0.3) is 45.4 Å². The number of aryl methyl sites for hydroxylation is 2. The SMILES string of the molecule is C=Cc1c(C)c2cc3[nH]c(cc4nc(cc5nc(cc1[nH]2)C(C)=C5CCC(=O)N(C)CCN(C)C)C(CCC(=O)NCCN(C)C)C4C)c(C)c3C=C. The Hall–Kier alpha value is -4.80. The summed E-state index contributed by atoms with van der Waals surface area (Å²) in [6, 6.07) is 8.48. The third-order valence-electron chi connectivity index (χ3n) is 10.8. The number of H-pyrrole nitrogens is 2. The van der Waals surface area contributed by atoms with Crippen LogP contribution in [-0.2, 0) is 9.59 Å². The predicted molar refractivity (Wildman–Crippen MR) is 221 cm³/mol. The second kappa shape index (κ2) is 16.9. The summed E-state index contributed by atoms with van der Waals surface area (Å²) in [5.41, 5.74) is 13.7. The maximum atomic E-state index is 13.3. The van der Waals surface area contributed by atoms with Crippen molar-refractivity contribution in [3.63, 3.8) is 0 Å². The van der Waals surface area contributed by atoms with Crippen LogP contribution in [0.4, 0.5) is 0 Å². The number of likely N-dealkylation sites (N-methyl/N-ethyl adjacent to an activating group) is 3. The van der Waals surface area contributed by atoms with Crippen molar-refractivity contribution in [3.8, 4) is 0 Å². The van der Waals surface area contributed by atoms with E-state index in [-0.39, 0.29) is 23.7 Å². The molecule has 5 heterocycles. The Morgan fingerprint density at radius 2 is 1.40 bits per heavy atom. The molecule has 2 amide bonds. The van der Waals surface area contributed by atoms with Crippen LogP contribution in [0.2, 0.25) is 0 Å². The first kappa shape index (κ1) is 39.4. The molecule has 0 aromatic carbocycles. The number of aromatic amines is 2. The molecular weight excluding hydrogens is 661 g/mol. The van der Waals surface area contributed by atoms with E-state index in [9.17, 15) is 9.59 Å². The highest BCUT2D eigenvalue weighted by atomic mass is 16.2. The van der Waals surface area contributed by atoms with E-state index in [1.807, 2.05) is 52.3 Å². The molecule has 2 aliphatic heterocycles. The third kappa shape index (κ3) is 8.88. The van der Waals surface area contributed by atoms with Gasteiger partial charge >= 0.3 is 0 Å². The maximum Gasteiger partial charge on any atom is 0.222 e. The number of nitrogens with one attached hydrogen (secondary N) is 3. The van der Waals surface area contributed by atoms with E-state index in [1.165, 1.54) is 0 Å². The Balaban J connectivity index is 1.69. The molecule has 2 atom stereocenters. The van der Waals surface area contributed by atoms with Gasteiger partial charge in [-0.1, -0.05) is 32.2 Å². The van der Waals surface area contributed by atoms with Crippen molar-refractivity contribution < 1.29 is 9.59 Å². The molecule has 0 radical (unpaired) electrons. The van der Waals surface area contributed by atoms with Gasteiger partial charge in [-0.2, -0.15) is 0 Å². The Bertz CT molecular complexity index is 2080. The van der Waals surface area contributed by atoms with E-state index in [0.29, 0.717) is 38.8 Å². The van der Waals surface area contributed by atoms with Crippen LogP contribution >= 0.6 is 0 Å². The predicted octanol–water partition coefficient (Wildman–Crippen LogP) is 7.29. The first-order valence-corrected chi connectivity index (χ1v) is 18.7. The normalized spacial score (nSPS) is 15.7. The fourth-order valence-electron chi connectivity index (χ4n) is 7.31. The molecule has 53 heavy (non-hydrogen) atoms. The molecule has 8 bridgehead atoms. The molecule has 0 saturated carbocycles. The molecule has 10 nitrogen and oxygen atoms in total. The number of amides is 2. The lowest BCUT2D eigenvalue weighted by Gasteiger charge is -2.20. The fraction of sp³-hybridized carbons (Fsp3) is 0.442. The number of carbonyl (C=O) groups is 2. The third-order valence-corrected chi connectivity index (χ3v) is 10.8. The van der Waals surface area contributed by atoms with E-state index in [2.05, 4.69) is 90.2 Å². The molecule has 3 aromatic heterocycles. The van der Waals surface area contributed by atoms with Crippen molar-refractivity contribution in [3.05, 3.63) is 82.5 Å². The minimum absolute atomic E-state index is 0.00774. The summed E-state index contributed by atoms with van der Waals surface area (Å²) in [5.74, 6) is 0.217. The second-order valence-electron chi connectivity index (χ2n) is 15.1. The standard InChI is InChI=1S/C43H58N8O2/c1-12-30-26(3)34-22-35-28(5)32(14-16-42(52)44-18-19-49(7)8)40(47-35)25-41-33(15-17-43(53)51(11)21-20-50(9)10)29(6)37(48-41)24-39-31(13-2)27(4)36(46-39)23-38(30)45-34/h12-13,22-25,28,32,45-46H,1-2,14-21H2,3-11H3,(H,44,52). The number of hydrogen-bond acceptors (Lipinski definition) is 6. The van der Waals surface area contributed by atoms with Crippen LogP contribution in [0, 0.1) is 13.8 Å². The zero-order valence-corrected chi connectivity index (χ0v) is 33.2. The number of carbonyl (C=O) groups excluding carboxylic acids is 2. The smallest absolute Gasteiger partial charge is 0.222 e. The summed E-state index contributed by atoms with van der Waals surface area (Å²) in [6.07, 6.45) is 5.77. The lowest BCUT2D eigenvalue weighted by atomic mass is 9.87. The summed E-state index contributed by atoms with van der Waals surface area (Å²) in [7, 11) is 9.90. The van der Waals surface area contributed by atoms with Crippen LogP contribution in [0.1, 0.15) is 96.4 Å². The van der Waals surface area contributed by atoms with Gasteiger partial charge in [0.1, 0.15) is 0 Å². The van der Waals surface area contributed by atoms with Crippen molar-refractivity contribution in [2.75, 3.05) is 61.4 Å². The zero-order valence-electron chi connectivity index (χ0n) is 33.2. The van der Waals surface area contributed by atoms with Gasteiger partial charge in [-0.3, -0.25) is 14.6 Å². The average Bonchev–Trinajstić information content (AvgIpc) is 3.77. The Kier molecular flexibility index (Phi) is 12.6. The molecular formula is C43H58N8O2. The molecule has 2 aliphatic rings. The monoisotopic (exact) mass is 718 g/mol. The molecule has 10 heteroatoms. The van der Waals surface area contributed by atoms with Gasteiger partial charge in [-0.05, 0) is 108 Å². The van der Waals surface area contributed by atoms with Crippen molar-refractivity contribution in [1.82, 2.24) is 40.0 Å². The number of rotatable bonds is 14. The first-order chi connectivity index (χ1) is 25.2. The second-order valence-corrected chi connectivity index (χ2v) is 15.1. The minimum Gasteiger partial charge on any atom is -0.355 e. The van der Waals surface area contributed by atoms with E-state index in [0.717, 1.165) is 91.3 Å². The van der Waals surface area contributed by atoms with Crippen molar-refractivity contribution in [2.24, 2.45) is 0 Å². The van der Waals surface area contributed by atoms with E-state index >= 15 is 0 Å². The van der Waals surface area contributed by atoms with Gasteiger partial charge < -0.3 is 30.0 Å². The number of hydrogen-bond donors (Lipinski definition) is 3. The Labute approximate surface area is 315 Å². The molecule has 0 spiro atoms. The summed E-state index contributed by atoms with van der Waals surface area (Å²) in [4.78, 5) is 50.1. The molecule has 0 fully saturated rings. The summed E-state index contributed by atoms with van der Waals surface area (Å²) in [6.45, 7) is 19.7. The highest BCUT2D eigenvalue weighted by molar-refractivity contribution is 5.94. The summed E-state index contributed by atoms with van der Waals surface area (Å²) < 4.78 is 0. The van der Waals surface area contributed by atoms with E-state index in [1.54, 1.807) is 0 Å². The number of nitrogens with zero attached hydrogens (tertiary/aromatic N) is 5. The lowest BCUT2D eigenvalue weighted by Crippen LogP contribution is -2.33. The van der Waals surface area contributed by atoms with Gasteiger partial charge in [-0.25, -0.2) is 4.98 Å². The first-order valence-electron chi connectivity index (χ1n) is 18.7. The van der Waals surface area contributed by atoms with Gasteiger partial charge in [0.2, 0.25) is 11.8 Å². The van der Waals surface area contributed by atoms with Crippen molar-refractivity contribution in [2.45, 2.75) is 65.2 Å². The lowest BCUT2D eigenvalue weighted by molar-refractivity contribution is -0.129. The van der Waals surface area contributed by atoms with Gasteiger partial charge in [0.25, 0.3) is 0 Å². The molecule has 3 aromatic rings. The molecule has 5 rings (SSSR count). The molecule has 0 aliphatic carbocycles. The average molecular weight is 719 g/mol. The number of allylic oxidation sites excluding steroid dienone is 2.